The van der Waals surface area contributed by atoms with E-state index in [1.165, 1.54) is 5.56 Å². The minimum Gasteiger partial charge on any atom is -0.382 e. The van der Waals surface area contributed by atoms with E-state index in [-0.39, 0.29) is 6.10 Å². The Morgan fingerprint density at radius 3 is 2.95 bits per heavy atom. The van der Waals surface area contributed by atoms with E-state index in [1.807, 2.05) is 17.9 Å². The largest absolute Gasteiger partial charge is 0.382 e. The van der Waals surface area contributed by atoms with Gasteiger partial charge in [0.25, 0.3) is 0 Å². The number of nitrogens with zero attached hydrogens (tertiary/aromatic N) is 3. The fourth-order valence-electron chi connectivity index (χ4n) is 3.63. The van der Waals surface area contributed by atoms with Crippen LogP contribution in [0.15, 0.2) is 12.4 Å². The summed E-state index contributed by atoms with van der Waals surface area (Å²) in [7, 11) is 3.68. The smallest absolute Gasteiger partial charge is 0.0746 e. The minimum absolute atomic E-state index is 0.274. The number of rotatable bonds is 7. The highest BCUT2D eigenvalue weighted by Crippen LogP contribution is 2.29. The lowest BCUT2D eigenvalue weighted by Gasteiger charge is -2.31. The lowest BCUT2D eigenvalue weighted by Crippen LogP contribution is -2.44. The summed E-state index contributed by atoms with van der Waals surface area (Å²) in [5, 5.41) is 4.29. The number of aryl methyl sites for hydroxylation is 1. The summed E-state index contributed by atoms with van der Waals surface area (Å²) in [4.78, 5) is 2.59. The third-order valence-corrected chi connectivity index (χ3v) is 4.72. The van der Waals surface area contributed by atoms with Gasteiger partial charge in [-0.1, -0.05) is 0 Å². The van der Waals surface area contributed by atoms with Crippen molar-refractivity contribution >= 4 is 0 Å². The number of ether oxygens (including phenoxy) is 3. The molecule has 2 aliphatic rings. The zero-order chi connectivity index (χ0) is 15.4. The van der Waals surface area contributed by atoms with Gasteiger partial charge in [-0.3, -0.25) is 9.58 Å². The maximum Gasteiger partial charge on any atom is 0.0746 e. The van der Waals surface area contributed by atoms with E-state index >= 15 is 0 Å². The van der Waals surface area contributed by atoms with Crippen molar-refractivity contribution in [3.8, 4) is 0 Å². The van der Waals surface area contributed by atoms with Gasteiger partial charge in [0.1, 0.15) is 0 Å². The van der Waals surface area contributed by atoms with Gasteiger partial charge in [-0.25, -0.2) is 0 Å². The van der Waals surface area contributed by atoms with Gasteiger partial charge in [-0.05, 0) is 24.8 Å². The molecule has 0 spiro atoms. The van der Waals surface area contributed by atoms with Crippen molar-refractivity contribution in [2.75, 3.05) is 40.1 Å². The Bertz CT molecular complexity index is 459. The van der Waals surface area contributed by atoms with Crippen molar-refractivity contribution < 1.29 is 14.2 Å². The molecule has 0 radical (unpaired) electrons. The van der Waals surface area contributed by atoms with Crippen LogP contribution in [-0.4, -0.2) is 73.0 Å². The van der Waals surface area contributed by atoms with Gasteiger partial charge in [0, 0.05) is 45.6 Å². The standard InChI is InChI=1S/C16H27N3O3/c1-18-11-13(10-17-18)9-15-16(22-8-7-20-2)3-5-19(15)14-4-6-21-12-14/h10-11,14-16H,3-9,12H2,1-2H3/t14-,15+,16-/m1/s1. The zero-order valence-electron chi connectivity index (χ0n) is 13.6. The van der Waals surface area contributed by atoms with Crippen LogP contribution in [0, 0.1) is 0 Å². The predicted molar refractivity (Wildman–Crippen MR) is 82.9 cm³/mol. The fourth-order valence-corrected chi connectivity index (χ4v) is 3.63. The number of likely N-dealkylation sites (tertiary alicyclic amines) is 1. The van der Waals surface area contributed by atoms with Crippen LogP contribution >= 0.6 is 0 Å². The molecule has 0 saturated carbocycles. The average molecular weight is 309 g/mol. The summed E-state index contributed by atoms with van der Waals surface area (Å²) in [5.74, 6) is 0. The molecule has 3 heterocycles. The van der Waals surface area contributed by atoms with Crippen LogP contribution < -0.4 is 0 Å². The third-order valence-electron chi connectivity index (χ3n) is 4.72. The van der Waals surface area contributed by atoms with Gasteiger partial charge in [0.2, 0.25) is 0 Å². The maximum atomic E-state index is 6.09. The molecule has 0 bridgehead atoms. The number of aromatic nitrogens is 2. The van der Waals surface area contributed by atoms with E-state index in [0.29, 0.717) is 25.3 Å². The van der Waals surface area contributed by atoms with Gasteiger partial charge < -0.3 is 14.2 Å². The van der Waals surface area contributed by atoms with E-state index < -0.39 is 0 Å². The second kappa shape index (κ2) is 7.55. The molecular formula is C16H27N3O3. The van der Waals surface area contributed by atoms with Crippen LogP contribution in [0.1, 0.15) is 18.4 Å². The first-order valence-corrected chi connectivity index (χ1v) is 8.19. The lowest BCUT2D eigenvalue weighted by atomic mass is 10.0. The molecule has 22 heavy (non-hydrogen) atoms. The van der Waals surface area contributed by atoms with Crippen LogP contribution in [0.3, 0.4) is 0 Å². The van der Waals surface area contributed by atoms with Gasteiger partial charge in [0.05, 0.1) is 32.1 Å². The number of hydrogen-bond donors (Lipinski definition) is 0. The van der Waals surface area contributed by atoms with Crippen LogP contribution in [0.5, 0.6) is 0 Å². The molecule has 124 valence electrons. The Morgan fingerprint density at radius 2 is 2.27 bits per heavy atom. The number of hydrogen-bond acceptors (Lipinski definition) is 5. The molecule has 0 aromatic carbocycles. The van der Waals surface area contributed by atoms with Gasteiger partial charge >= 0.3 is 0 Å². The van der Waals surface area contributed by atoms with Crippen molar-refractivity contribution in [2.45, 2.75) is 37.5 Å². The Labute approximate surface area is 132 Å². The van der Waals surface area contributed by atoms with E-state index in [9.17, 15) is 0 Å². The van der Waals surface area contributed by atoms with Crippen molar-refractivity contribution in [1.29, 1.82) is 0 Å². The Morgan fingerprint density at radius 1 is 1.36 bits per heavy atom. The molecule has 3 rings (SSSR count). The molecule has 6 nitrogen and oxygen atoms in total. The van der Waals surface area contributed by atoms with Crippen molar-refractivity contribution in [2.24, 2.45) is 7.05 Å². The molecule has 0 aliphatic carbocycles. The molecule has 6 heteroatoms. The molecule has 0 N–H and O–H groups in total. The summed E-state index contributed by atoms with van der Waals surface area (Å²) < 4.78 is 18.7. The topological polar surface area (TPSA) is 48.8 Å². The molecule has 3 atom stereocenters. The quantitative estimate of drug-likeness (QED) is 0.699. The highest BCUT2D eigenvalue weighted by molar-refractivity contribution is 5.09. The van der Waals surface area contributed by atoms with Gasteiger partial charge in [-0.15, -0.1) is 0 Å². The predicted octanol–water partition coefficient (Wildman–Crippen LogP) is 0.857. The third kappa shape index (κ3) is 3.68. The van der Waals surface area contributed by atoms with Crippen LogP contribution in [-0.2, 0) is 27.7 Å². The summed E-state index contributed by atoms with van der Waals surface area (Å²) in [6.07, 6.45) is 7.55. The zero-order valence-corrected chi connectivity index (χ0v) is 13.6. The van der Waals surface area contributed by atoms with Crippen LogP contribution in [0.4, 0.5) is 0 Å². The van der Waals surface area contributed by atoms with Crippen molar-refractivity contribution in [3.63, 3.8) is 0 Å². The molecule has 2 saturated heterocycles. The summed E-state index contributed by atoms with van der Waals surface area (Å²) in [6.45, 7) is 4.16. The van der Waals surface area contributed by atoms with E-state index in [0.717, 1.165) is 39.0 Å². The SMILES string of the molecule is COCCO[C@@H]1CCN([C@@H]2CCOC2)[C@H]1Cc1cnn(C)c1. The summed E-state index contributed by atoms with van der Waals surface area (Å²) in [6, 6.07) is 0.949. The van der Waals surface area contributed by atoms with Gasteiger partial charge in [-0.2, -0.15) is 5.10 Å². The maximum absolute atomic E-state index is 6.09. The normalized spacial score (nSPS) is 29.5. The highest BCUT2D eigenvalue weighted by atomic mass is 16.5. The Balaban J connectivity index is 1.66. The molecule has 1 aromatic rings. The molecule has 2 fully saturated rings. The minimum atomic E-state index is 0.274. The molecular weight excluding hydrogens is 282 g/mol. The number of methoxy groups -OCH3 is 1. The Kier molecular flexibility index (Phi) is 5.46. The van der Waals surface area contributed by atoms with Crippen LogP contribution in [0.25, 0.3) is 0 Å². The highest BCUT2D eigenvalue weighted by Gasteiger charge is 2.39. The van der Waals surface area contributed by atoms with Gasteiger partial charge in [0.15, 0.2) is 0 Å². The van der Waals surface area contributed by atoms with E-state index in [2.05, 4.69) is 16.2 Å². The second-order valence-corrected chi connectivity index (χ2v) is 6.24. The van der Waals surface area contributed by atoms with Crippen molar-refractivity contribution in [1.82, 2.24) is 14.7 Å². The first-order chi connectivity index (χ1) is 10.8. The van der Waals surface area contributed by atoms with E-state index in [1.54, 1.807) is 7.11 Å². The first kappa shape index (κ1) is 15.9. The molecule has 0 amide bonds. The lowest BCUT2D eigenvalue weighted by molar-refractivity contribution is -0.00620. The average Bonchev–Trinajstić information content (AvgIpc) is 3.22. The fraction of sp³-hybridized carbons (Fsp3) is 0.812. The van der Waals surface area contributed by atoms with Crippen LogP contribution in [0.2, 0.25) is 0 Å². The summed E-state index contributed by atoms with van der Waals surface area (Å²) in [5.41, 5.74) is 1.28. The second-order valence-electron chi connectivity index (χ2n) is 6.24. The first-order valence-electron chi connectivity index (χ1n) is 8.19. The van der Waals surface area contributed by atoms with E-state index in [4.69, 9.17) is 14.2 Å². The molecule has 0 unspecified atom stereocenters. The monoisotopic (exact) mass is 309 g/mol. The van der Waals surface area contributed by atoms with Crippen molar-refractivity contribution in [3.05, 3.63) is 18.0 Å². The Hall–Kier alpha value is -0.950. The summed E-state index contributed by atoms with van der Waals surface area (Å²) >= 11 is 0. The molecule has 2 aliphatic heterocycles. The molecule has 1 aromatic heterocycles.